The minimum Gasteiger partial charge on any atom is -0.356 e. The van der Waals surface area contributed by atoms with Gasteiger partial charge in [0.1, 0.15) is 0 Å². The van der Waals surface area contributed by atoms with Gasteiger partial charge in [-0.1, -0.05) is 0 Å². The Morgan fingerprint density at radius 1 is 1.50 bits per heavy atom. The molecule has 0 aromatic carbocycles. The molecule has 0 saturated carbocycles. The molecule has 1 aromatic heterocycles. The van der Waals surface area contributed by atoms with Crippen LogP contribution in [0.2, 0.25) is 0 Å². The van der Waals surface area contributed by atoms with Gasteiger partial charge in [0.15, 0.2) is 0 Å². The topological polar surface area (TPSA) is 84.3 Å². The highest BCUT2D eigenvalue weighted by Crippen LogP contribution is 2.17. The fourth-order valence-electron chi connectivity index (χ4n) is 2.73. The van der Waals surface area contributed by atoms with E-state index in [1.807, 2.05) is 13.1 Å². The lowest BCUT2D eigenvalue weighted by Gasteiger charge is -2.30. The Balaban J connectivity index is 1.73. The number of sulfonamides is 1. The van der Waals surface area contributed by atoms with Crippen molar-refractivity contribution in [3.63, 3.8) is 0 Å². The lowest BCUT2D eigenvalue weighted by molar-refractivity contribution is -0.121. The molecule has 2 heterocycles. The van der Waals surface area contributed by atoms with Gasteiger partial charge in [-0.25, -0.2) is 12.7 Å². The van der Waals surface area contributed by atoms with Crippen molar-refractivity contribution in [1.82, 2.24) is 19.4 Å². The average Bonchev–Trinajstić information content (AvgIpc) is 2.88. The van der Waals surface area contributed by atoms with Crippen LogP contribution in [0.4, 0.5) is 0 Å². The zero-order chi connectivity index (χ0) is 16.2. The summed E-state index contributed by atoms with van der Waals surface area (Å²) < 4.78 is 26.4. The predicted molar refractivity (Wildman–Crippen MR) is 83.7 cm³/mol. The maximum Gasteiger partial charge on any atom is 0.220 e. The first-order chi connectivity index (χ1) is 10.4. The fraction of sp³-hybridized carbons (Fsp3) is 0.714. The number of nitrogens with one attached hydrogen (secondary N) is 1. The van der Waals surface area contributed by atoms with Crippen LogP contribution in [0.25, 0.3) is 0 Å². The van der Waals surface area contributed by atoms with Crippen LogP contribution in [0.3, 0.4) is 0 Å². The van der Waals surface area contributed by atoms with Gasteiger partial charge >= 0.3 is 0 Å². The normalized spacial score (nSPS) is 20.0. The Kier molecular flexibility index (Phi) is 5.57. The molecule has 1 aromatic rings. The van der Waals surface area contributed by atoms with E-state index in [-0.39, 0.29) is 11.8 Å². The first-order valence-corrected chi connectivity index (χ1v) is 9.40. The van der Waals surface area contributed by atoms with Crippen molar-refractivity contribution < 1.29 is 13.2 Å². The van der Waals surface area contributed by atoms with E-state index in [0.717, 1.165) is 18.5 Å². The van der Waals surface area contributed by atoms with E-state index in [0.29, 0.717) is 32.5 Å². The summed E-state index contributed by atoms with van der Waals surface area (Å²) in [6.07, 6.45) is 5.83. The van der Waals surface area contributed by atoms with Crippen LogP contribution in [-0.2, 0) is 28.3 Å². The molecule has 1 saturated heterocycles. The molecule has 0 aliphatic carbocycles. The summed E-state index contributed by atoms with van der Waals surface area (Å²) in [6, 6.07) is 1.90. The number of aromatic nitrogens is 2. The SMILES string of the molecule is Cn1nccc1CCC(=O)NCC1CCCN(S(C)(=O)=O)C1. The molecule has 7 nitrogen and oxygen atoms in total. The first kappa shape index (κ1) is 17.0. The van der Waals surface area contributed by atoms with E-state index < -0.39 is 10.0 Å². The lowest BCUT2D eigenvalue weighted by Crippen LogP contribution is -2.43. The van der Waals surface area contributed by atoms with Gasteiger partial charge in [-0.05, 0) is 31.2 Å². The van der Waals surface area contributed by atoms with E-state index in [1.54, 1.807) is 10.9 Å². The summed E-state index contributed by atoms with van der Waals surface area (Å²) in [5.74, 6) is 0.196. The third kappa shape index (κ3) is 4.81. The number of carbonyl (C=O) groups is 1. The molecule has 1 aliphatic heterocycles. The number of hydrogen-bond acceptors (Lipinski definition) is 4. The van der Waals surface area contributed by atoms with E-state index in [4.69, 9.17) is 0 Å². The predicted octanol–water partition coefficient (Wildman–Crippen LogP) is 0.141. The maximum atomic E-state index is 11.9. The van der Waals surface area contributed by atoms with Gasteiger partial charge in [-0.15, -0.1) is 0 Å². The number of aryl methyl sites for hydroxylation is 2. The van der Waals surface area contributed by atoms with Crippen molar-refractivity contribution in [3.05, 3.63) is 18.0 Å². The molecule has 1 atom stereocenters. The second kappa shape index (κ2) is 7.23. The first-order valence-electron chi connectivity index (χ1n) is 7.55. The van der Waals surface area contributed by atoms with Gasteiger partial charge in [-0.3, -0.25) is 9.48 Å². The van der Waals surface area contributed by atoms with Gasteiger partial charge < -0.3 is 5.32 Å². The van der Waals surface area contributed by atoms with Crippen molar-refractivity contribution in [3.8, 4) is 0 Å². The van der Waals surface area contributed by atoms with Gasteiger partial charge in [0.05, 0.1) is 6.26 Å². The zero-order valence-electron chi connectivity index (χ0n) is 13.2. The van der Waals surface area contributed by atoms with Gasteiger partial charge in [0, 0.05) is 45.0 Å². The standard InChI is InChI=1S/C14H24N4O3S/c1-17-13(7-8-16-17)5-6-14(19)15-10-12-4-3-9-18(11-12)22(2,20)21/h7-8,12H,3-6,9-11H2,1-2H3,(H,15,19). The number of amides is 1. The van der Waals surface area contributed by atoms with Crippen LogP contribution in [0.5, 0.6) is 0 Å². The van der Waals surface area contributed by atoms with Crippen molar-refractivity contribution in [2.75, 3.05) is 25.9 Å². The van der Waals surface area contributed by atoms with Crippen molar-refractivity contribution in [2.45, 2.75) is 25.7 Å². The molecular formula is C14H24N4O3S. The monoisotopic (exact) mass is 328 g/mol. The molecule has 1 aliphatic rings. The van der Waals surface area contributed by atoms with E-state index in [2.05, 4.69) is 10.4 Å². The van der Waals surface area contributed by atoms with Crippen LogP contribution in [0.15, 0.2) is 12.3 Å². The molecule has 124 valence electrons. The largest absolute Gasteiger partial charge is 0.356 e. The minimum atomic E-state index is -3.13. The molecule has 1 unspecified atom stereocenters. The highest BCUT2D eigenvalue weighted by atomic mass is 32.2. The van der Waals surface area contributed by atoms with Crippen molar-refractivity contribution in [2.24, 2.45) is 13.0 Å². The molecule has 0 radical (unpaired) electrons. The fourth-order valence-corrected chi connectivity index (χ4v) is 3.67. The van der Waals surface area contributed by atoms with E-state index in [1.165, 1.54) is 10.6 Å². The smallest absolute Gasteiger partial charge is 0.220 e. The third-order valence-corrected chi connectivity index (χ3v) is 5.34. The summed E-state index contributed by atoms with van der Waals surface area (Å²) in [4.78, 5) is 11.9. The average molecular weight is 328 g/mol. The third-order valence-electron chi connectivity index (χ3n) is 4.07. The van der Waals surface area contributed by atoms with E-state index >= 15 is 0 Å². The Morgan fingerprint density at radius 2 is 2.27 bits per heavy atom. The summed E-state index contributed by atoms with van der Waals surface area (Å²) in [5.41, 5.74) is 1.02. The lowest BCUT2D eigenvalue weighted by atomic mass is 9.99. The van der Waals surface area contributed by atoms with Crippen LogP contribution >= 0.6 is 0 Å². The molecule has 1 fully saturated rings. The number of hydrogen-bond donors (Lipinski definition) is 1. The van der Waals surface area contributed by atoms with Crippen molar-refractivity contribution >= 4 is 15.9 Å². The highest BCUT2D eigenvalue weighted by molar-refractivity contribution is 7.88. The molecule has 0 bridgehead atoms. The van der Waals surface area contributed by atoms with Crippen molar-refractivity contribution in [1.29, 1.82) is 0 Å². The van der Waals surface area contributed by atoms with Crippen LogP contribution in [0.1, 0.15) is 25.0 Å². The van der Waals surface area contributed by atoms with Crippen LogP contribution in [0, 0.1) is 5.92 Å². The molecule has 8 heteroatoms. The number of rotatable bonds is 6. The van der Waals surface area contributed by atoms with Gasteiger partial charge in [-0.2, -0.15) is 5.10 Å². The Bertz CT molecular complexity index is 611. The highest BCUT2D eigenvalue weighted by Gasteiger charge is 2.25. The Labute approximate surface area is 131 Å². The number of piperidine rings is 1. The molecular weight excluding hydrogens is 304 g/mol. The summed E-state index contributed by atoms with van der Waals surface area (Å²) in [5, 5.41) is 6.98. The number of nitrogens with zero attached hydrogens (tertiary/aromatic N) is 3. The summed E-state index contributed by atoms with van der Waals surface area (Å²) in [7, 11) is -1.27. The van der Waals surface area contributed by atoms with Crippen LogP contribution < -0.4 is 5.32 Å². The Hall–Kier alpha value is -1.41. The summed E-state index contributed by atoms with van der Waals surface area (Å²) in [6.45, 7) is 1.63. The quantitative estimate of drug-likeness (QED) is 0.805. The molecule has 1 amide bonds. The number of carbonyl (C=O) groups excluding carboxylic acids is 1. The van der Waals surface area contributed by atoms with Gasteiger partial charge in [0.2, 0.25) is 15.9 Å². The van der Waals surface area contributed by atoms with E-state index in [9.17, 15) is 13.2 Å². The van der Waals surface area contributed by atoms with Crippen LogP contribution in [-0.4, -0.2) is 54.3 Å². The maximum absolute atomic E-state index is 11.9. The second-order valence-corrected chi connectivity index (χ2v) is 7.86. The summed E-state index contributed by atoms with van der Waals surface area (Å²) >= 11 is 0. The zero-order valence-corrected chi connectivity index (χ0v) is 14.0. The Morgan fingerprint density at radius 3 is 2.91 bits per heavy atom. The molecule has 2 rings (SSSR count). The molecule has 1 N–H and O–H groups in total. The second-order valence-electron chi connectivity index (χ2n) is 5.88. The molecule has 22 heavy (non-hydrogen) atoms. The molecule has 0 spiro atoms. The van der Waals surface area contributed by atoms with Gasteiger partial charge in [0.25, 0.3) is 0 Å². The minimum absolute atomic E-state index is 0.00215.